The minimum Gasteiger partial charge on any atom is -0.323 e. The molecule has 0 saturated heterocycles. The van der Waals surface area contributed by atoms with Crippen LogP contribution in [0.4, 0.5) is 11.4 Å². The average molecular weight is 379 g/mol. The van der Waals surface area contributed by atoms with Gasteiger partial charge in [0.15, 0.2) is 11.0 Å². The Balaban J connectivity index is 1.49. The van der Waals surface area contributed by atoms with Gasteiger partial charge in [-0.2, -0.15) is 0 Å². The van der Waals surface area contributed by atoms with Crippen molar-refractivity contribution in [3.8, 4) is 11.4 Å². The lowest BCUT2D eigenvalue weighted by molar-refractivity contribution is -0.120. The summed E-state index contributed by atoms with van der Waals surface area (Å²) in [5, 5.41) is 11.9. The molecule has 2 aromatic carbocycles. The van der Waals surface area contributed by atoms with Gasteiger partial charge in [0.2, 0.25) is 11.8 Å². The minimum atomic E-state index is -0.197. The number of rotatable bonds is 4. The molecule has 0 unspecified atom stereocenters. The molecule has 0 radical (unpaired) electrons. The van der Waals surface area contributed by atoms with Crippen molar-refractivity contribution in [2.24, 2.45) is 7.05 Å². The number of nitrogens with zero attached hydrogens (tertiary/aromatic N) is 4. The summed E-state index contributed by atoms with van der Waals surface area (Å²) in [5.74, 6) is 0.569. The monoisotopic (exact) mass is 379 g/mol. The van der Waals surface area contributed by atoms with E-state index in [4.69, 9.17) is 0 Å². The summed E-state index contributed by atoms with van der Waals surface area (Å²) in [6.07, 6.45) is 0. The zero-order valence-electron chi connectivity index (χ0n) is 14.6. The quantitative estimate of drug-likeness (QED) is 0.705. The molecule has 27 heavy (non-hydrogen) atoms. The number of fused-ring (bicyclic) bond motifs is 1. The highest BCUT2D eigenvalue weighted by Crippen LogP contribution is 2.30. The van der Waals surface area contributed by atoms with Gasteiger partial charge in [-0.05, 0) is 12.1 Å². The number of amides is 2. The average Bonchev–Trinajstić information content (AvgIpc) is 3.06. The minimum absolute atomic E-state index is 0.0183. The van der Waals surface area contributed by atoms with Crippen LogP contribution in [-0.2, 0) is 16.6 Å². The summed E-state index contributed by atoms with van der Waals surface area (Å²) < 4.78 is 1.87. The Hall–Kier alpha value is -3.13. The van der Waals surface area contributed by atoms with E-state index < -0.39 is 0 Å². The molecule has 7 nitrogen and oxygen atoms in total. The molecule has 1 aliphatic rings. The van der Waals surface area contributed by atoms with Crippen molar-refractivity contribution < 1.29 is 9.59 Å². The van der Waals surface area contributed by atoms with Crippen LogP contribution in [0.15, 0.2) is 59.8 Å². The second kappa shape index (κ2) is 7.24. The van der Waals surface area contributed by atoms with E-state index in [1.807, 2.05) is 60.1 Å². The molecule has 0 saturated carbocycles. The Bertz CT molecular complexity index is 1000. The Kier molecular flexibility index (Phi) is 4.64. The summed E-state index contributed by atoms with van der Waals surface area (Å²) >= 11 is 1.31. The van der Waals surface area contributed by atoms with Crippen molar-refractivity contribution in [1.82, 2.24) is 14.8 Å². The highest BCUT2D eigenvalue weighted by molar-refractivity contribution is 7.99. The van der Waals surface area contributed by atoms with Gasteiger partial charge in [0.05, 0.1) is 17.1 Å². The number of hydrogen-bond donors (Lipinski definition) is 1. The first-order valence-electron chi connectivity index (χ1n) is 8.40. The third kappa shape index (κ3) is 3.43. The van der Waals surface area contributed by atoms with Gasteiger partial charge in [-0.25, -0.2) is 0 Å². The topological polar surface area (TPSA) is 80.1 Å². The van der Waals surface area contributed by atoms with E-state index >= 15 is 0 Å². The summed E-state index contributed by atoms with van der Waals surface area (Å²) in [4.78, 5) is 26.1. The van der Waals surface area contributed by atoms with Crippen LogP contribution in [0.25, 0.3) is 11.4 Å². The Labute approximate surface area is 160 Å². The maximum Gasteiger partial charge on any atom is 0.244 e. The number of thioether (sulfide) groups is 1. The SMILES string of the molecule is Cn1c(SCC(=O)N2CC(=O)Nc3ccccc32)nnc1-c1ccccc1. The number of anilines is 2. The van der Waals surface area contributed by atoms with Gasteiger partial charge in [0.1, 0.15) is 6.54 Å². The fourth-order valence-corrected chi connectivity index (χ4v) is 3.73. The van der Waals surface area contributed by atoms with E-state index in [9.17, 15) is 9.59 Å². The van der Waals surface area contributed by atoms with Crippen LogP contribution >= 0.6 is 11.8 Å². The first kappa shape index (κ1) is 17.3. The van der Waals surface area contributed by atoms with Gasteiger partial charge in [-0.3, -0.25) is 9.59 Å². The van der Waals surface area contributed by atoms with Crippen LogP contribution in [-0.4, -0.2) is 38.9 Å². The second-order valence-corrected chi connectivity index (χ2v) is 7.01. The Morgan fingerprint density at radius 2 is 1.85 bits per heavy atom. The molecule has 1 aliphatic heterocycles. The van der Waals surface area contributed by atoms with Crippen LogP contribution in [0.3, 0.4) is 0 Å². The number of carbonyl (C=O) groups excluding carboxylic acids is 2. The van der Waals surface area contributed by atoms with Crippen LogP contribution in [0.2, 0.25) is 0 Å². The Morgan fingerprint density at radius 1 is 1.11 bits per heavy atom. The smallest absolute Gasteiger partial charge is 0.244 e. The third-order valence-electron chi connectivity index (χ3n) is 4.26. The molecule has 1 aromatic heterocycles. The number of carbonyl (C=O) groups is 2. The Morgan fingerprint density at radius 3 is 2.67 bits per heavy atom. The van der Waals surface area contributed by atoms with Crippen molar-refractivity contribution in [3.63, 3.8) is 0 Å². The molecule has 8 heteroatoms. The molecule has 0 spiro atoms. The lowest BCUT2D eigenvalue weighted by Crippen LogP contribution is -2.43. The molecular weight excluding hydrogens is 362 g/mol. The molecule has 136 valence electrons. The van der Waals surface area contributed by atoms with E-state index in [2.05, 4.69) is 15.5 Å². The molecule has 4 rings (SSSR count). The van der Waals surface area contributed by atoms with E-state index in [0.717, 1.165) is 11.4 Å². The summed E-state index contributed by atoms with van der Waals surface area (Å²) in [6.45, 7) is 0.0183. The lowest BCUT2D eigenvalue weighted by atomic mass is 10.2. The molecule has 0 bridgehead atoms. The summed E-state index contributed by atoms with van der Waals surface area (Å²) in [5.41, 5.74) is 2.33. The van der Waals surface area contributed by atoms with Gasteiger partial charge in [-0.1, -0.05) is 54.2 Å². The molecule has 2 heterocycles. The van der Waals surface area contributed by atoms with E-state index in [-0.39, 0.29) is 24.1 Å². The highest BCUT2D eigenvalue weighted by Gasteiger charge is 2.26. The molecular formula is C19H17N5O2S. The fraction of sp³-hybridized carbons (Fsp3) is 0.158. The number of benzene rings is 2. The number of hydrogen-bond acceptors (Lipinski definition) is 5. The van der Waals surface area contributed by atoms with E-state index in [1.54, 1.807) is 6.07 Å². The van der Waals surface area contributed by atoms with Gasteiger partial charge >= 0.3 is 0 Å². The van der Waals surface area contributed by atoms with Crippen LogP contribution in [0.1, 0.15) is 0 Å². The van der Waals surface area contributed by atoms with Crippen molar-refractivity contribution in [3.05, 3.63) is 54.6 Å². The largest absolute Gasteiger partial charge is 0.323 e. The number of para-hydroxylation sites is 2. The zero-order chi connectivity index (χ0) is 18.8. The first-order chi connectivity index (χ1) is 13.1. The van der Waals surface area contributed by atoms with Crippen molar-refractivity contribution in [2.75, 3.05) is 22.5 Å². The van der Waals surface area contributed by atoms with Crippen molar-refractivity contribution >= 4 is 35.0 Å². The molecule has 1 N–H and O–H groups in total. The summed E-state index contributed by atoms with van der Waals surface area (Å²) in [7, 11) is 1.87. The summed E-state index contributed by atoms with van der Waals surface area (Å²) in [6, 6.07) is 17.0. The normalized spacial score (nSPS) is 13.2. The predicted molar refractivity (Wildman–Crippen MR) is 105 cm³/mol. The molecule has 0 aliphatic carbocycles. The maximum absolute atomic E-state index is 12.7. The molecule has 0 atom stereocenters. The second-order valence-electron chi connectivity index (χ2n) is 6.07. The predicted octanol–water partition coefficient (Wildman–Crippen LogP) is 2.56. The zero-order valence-corrected chi connectivity index (χ0v) is 15.4. The standard InChI is InChI=1S/C19H17N5O2S/c1-23-18(13-7-3-2-4-8-13)21-22-19(23)27-12-17(26)24-11-16(25)20-14-9-5-6-10-15(14)24/h2-10H,11-12H2,1H3,(H,20,25). The van der Waals surface area contributed by atoms with Gasteiger partial charge in [0.25, 0.3) is 0 Å². The van der Waals surface area contributed by atoms with Crippen molar-refractivity contribution in [1.29, 1.82) is 0 Å². The molecule has 3 aromatic rings. The first-order valence-corrected chi connectivity index (χ1v) is 9.39. The molecule has 2 amide bonds. The van der Waals surface area contributed by atoms with E-state index in [0.29, 0.717) is 16.5 Å². The van der Waals surface area contributed by atoms with E-state index in [1.165, 1.54) is 16.7 Å². The van der Waals surface area contributed by atoms with Gasteiger partial charge in [0, 0.05) is 12.6 Å². The van der Waals surface area contributed by atoms with Crippen LogP contribution in [0, 0.1) is 0 Å². The van der Waals surface area contributed by atoms with Crippen molar-refractivity contribution in [2.45, 2.75) is 5.16 Å². The fourth-order valence-electron chi connectivity index (χ4n) is 2.94. The molecule has 0 fully saturated rings. The van der Waals surface area contributed by atoms with Gasteiger partial charge in [-0.15, -0.1) is 10.2 Å². The maximum atomic E-state index is 12.7. The van der Waals surface area contributed by atoms with Gasteiger partial charge < -0.3 is 14.8 Å². The lowest BCUT2D eigenvalue weighted by Gasteiger charge is -2.28. The number of nitrogens with one attached hydrogen (secondary N) is 1. The highest BCUT2D eigenvalue weighted by atomic mass is 32.2. The third-order valence-corrected chi connectivity index (χ3v) is 5.27. The van der Waals surface area contributed by atoms with Crippen LogP contribution < -0.4 is 10.2 Å². The van der Waals surface area contributed by atoms with Crippen LogP contribution in [0.5, 0.6) is 0 Å². The number of aromatic nitrogens is 3.